The number of carbonyl (C=O) groups excluding carboxylic acids is 3. The number of benzene rings is 1. The van der Waals surface area contributed by atoms with Crippen molar-refractivity contribution in [1.82, 2.24) is 20.1 Å². The first kappa shape index (κ1) is 20.6. The molecule has 1 N–H and O–H groups in total. The summed E-state index contributed by atoms with van der Waals surface area (Å²) < 4.78 is 11.1. The van der Waals surface area contributed by atoms with Crippen LogP contribution in [0.3, 0.4) is 0 Å². The third kappa shape index (κ3) is 3.67. The van der Waals surface area contributed by atoms with Crippen LogP contribution in [0.15, 0.2) is 42.6 Å². The Bertz CT molecular complexity index is 1040. The summed E-state index contributed by atoms with van der Waals surface area (Å²) in [7, 11) is 4.79. The first-order chi connectivity index (χ1) is 14.8. The lowest BCUT2D eigenvalue weighted by Crippen LogP contribution is -2.60. The molecule has 4 rings (SSSR count). The fourth-order valence-electron chi connectivity index (χ4n) is 4.12. The van der Waals surface area contributed by atoms with E-state index in [1.807, 2.05) is 0 Å². The number of methoxy groups -OCH3 is 1. The van der Waals surface area contributed by atoms with Gasteiger partial charge in [0.2, 0.25) is 11.8 Å². The van der Waals surface area contributed by atoms with E-state index in [4.69, 9.17) is 9.47 Å². The highest BCUT2D eigenvalue weighted by atomic mass is 16.5. The van der Waals surface area contributed by atoms with Crippen LogP contribution in [0.5, 0.6) is 11.6 Å². The number of likely N-dealkylation sites (tertiary alicyclic amines) is 1. The van der Waals surface area contributed by atoms with E-state index in [0.29, 0.717) is 22.8 Å². The van der Waals surface area contributed by atoms with Crippen LogP contribution >= 0.6 is 0 Å². The van der Waals surface area contributed by atoms with Crippen LogP contribution in [0, 0.1) is 5.92 Å². The lowest BCUT2D eigenvalue weighted by Gasteiger charge is -2.33. The highest BCUT2D eigenvalue weighted by Gasteiger charge is 2.54. The van der Waals surface area contributed by atoms with Crippen LogP contribution in [-0.2, 0) is 4.79 Å². The number of hydrogen-bond acceptors (Lipinski definition) is 6. The lowest BCUT2D eigenvalue weighted by molar-refractivity contribution is -0.134. The molecule has 2 aliphatic heterocycles. The largest absolute Gasteiger partial charge is 0.490 e. The number of nitrogens with zero attached hydrogens (tertiary/aromatic N) is 3. The zero-order valence-electron chi connectivity index (χ0n) is 17.6. The van der Waals surface area contributed by atoms with Crippen molar-refractivity contribution < 1.29 is 23.9 Å². The van der Waals surface area contributed by atoms with Crippen molar-refractivity contribution in [1.29, 1.82) is 0 Å². The second-order valence-corrected chi connectivity index (χ2v) is 7.95. The van der Waals surface area contributed by atoms with Crippen LogP contribution < -0.4 is 14.8 Å². The minimum atomic E-state index is -1.05. The van der Waals surface area contributed by atoms with Gasteiger partial charge in [-0.3, -0.25) is 14.4 Å². The summed E-state index contributed by atoms with van der Waals surface area (Å²) in [5.74, 6) is -0.667. The van der Waals surface area contributed by atoms with E-state index in [2.05, 4.69) is 10.3 Å². The van der Waals surface area contributed by atoms with E-state index in [9.17, 15) is 14.4 Å². The highest BCUT2D eigenvalue weighted by molar-refractivity contribution is 5.99. The van der Waals surface area contributed by atoms with Gasteiger partial charge in [-0.2, -0.15) is 0 Å². The number of ether oxygens (including phenoxy) is 2. The van der Waals surface area contributed by atoms with Gasteiger partial charge in [0.1, 0.15) is 17.9 Å². The molecule has 9 heteroatoms. The summed E-state index contributed by atoms with van der Waals surface area (Å²) in [4.78, 5) is 46.4. The number of para-hydroxylation sites is 1. The molecule has 0 saturated carbocycles. The Hall–Kier alpha value is -3.62. The van der Waals surface area contributed by atoms with Crippen LogP contribution in [0.25, 0.3) is 0 Å². The number of carbonyl (C=O) groups is 3. The van der Waals surface area contributed by atoms with Gasteiger partial charge < -0.3 is 24.6 Å². The van der Waals surface area contributed by atoms with Gasteiger partial charge in [-0.15, -0.1) is 0 Å². The predicted molar refractivity (Wildman–Crippen MR) is 111 cm³/mol. The number of fused-ring (bicyclic) bond motifs is 1. The van der Waals surface area contributed by atoms with Gasteiger partial charge in [0.25, 0.3) is 11.8 Å². The van der Waals surface area contributed by atoms with Crippen molar-refractivity contribution in [3.05, 3.63) is 53.7 Å². The van der Waals surface area contributed by atoms with E-state index in [0.717, 1.165) is 0 Å². The average Bonchev–Trinajstić information content (AvgIpc) is 3.08. The van der Waals surface area contributed by atoms with Crippen molar-refractivity contribution >= 4 is 17.7 Å². The second kappa shape index (κ2) is 7.90. The molecule has 31 heavy (non-hydrogen) atoms. The first-order valence-corrected chi connectivity index (χ1v) is 9.89. The molecule has 0 bridgehead atoms. The Labute approximate surface area is 179 Å². The molecule has 2 atom stereocenters. The molecule has 0 unspecified atom stereocenters. The maximum Gasteiger partial charge on any atom is 0.255 e. The van der Waals surface area contributed by atoms with E-state index in [-0.39, 0.29) is 37.4 Å². The Morgan fingerprint density at radius 3 is 2.81 bits per heavy atom. The van der Waals surface area contributed by atoms with Gasteiger partial charge in [-0.05, 0) is 18.2 Å². The molecule has 1 fully saturated rings. The standard InChI is InChI=1S/C22H24N4O5/c1-25(2)21(29)16-11-26(20(28)14-8-9-23-18(10-14)30-3)12-22(16)13-31-17-7-5-4-6-15(17)19(27)24-22/h4-10,16H,11-13H2,1-3H3,(H,24,27)/t16-,22-/m1/s1. The molecular weight excluding hydrogens is 400 g/mol. The summed E-state index contributed by atoms with van der Waals surface area (Å²) in [5, 5.41) is 3.01. The minimum absolute atomic E-state index is 0.0729. The third-order valence-corrected chi connectivity index (χ3v) is 5.74. The average molecular weight is 424 g/mol. The van der Waals surface area contributed by atoms with Gasteiger partial charge in [-0.25, -0.2) is 4.98 Å². The monoisotopic (exact) mass is 424 g/mol. The molecule has 1 saturated heterocycles. The number of nitrogens with one attached hydrogen (secondary N) is 1. The molecule has 1 aromatic heterocycles. The molecule has 3 heterocycles. The summed E-state index contributed by atoms with van der Waals surface area (Å²) in [6.45, 7) is 0.365. The Morgan fingerprint density at radius 1 is 1.29 bits per heavy atom. The Morgan fingerprint density at radius 2 is 2.06 bits per heavy atom. The number of amides is 3. The van der Waals surface area contributed by atoms with E-state index < -0.39 is 11.5 Å². The van der Waals surface area contributed by atoms with Gasteiger partial charge in [0.05, 0.1) is 18.6 Å². The van der Waals surface area contributed by atoms with E-state index >= 15 is 0 Å². The van der Waals surface area contributed by atoms with Gasteiger partial charge in [-0.1, -0.05) is 12.1 Å². The normalized spacial score (nSPS) is 22.2. The minimum Gasteiger partial charge on any atom is -0.490 e. The number of rotatable bonds is 3. The molecule has 0 aliphatic carbocycles. The number of hydrogen-bond donors (Lipinski definition) is 1. The van der Waals surface area contributed by atoms with Crippen molar-refractivity contribution in [2.45, 2.75) is 5.54 Å². The number of aromatic nitrogens is 1. The summed E-state index contributed by atoms with van der Waals surface area (Å²) in [5.41, 5.74) is -0.257. The molecule has 1 spiro atoms. The Kier molecular flexibility index (Phi) is 5.26. The zero-order chi connectivity index (χ0) is 22.2. The molecule has 3 amide bonds. The Balaban J connectivity index is 1.68. The predicted octanol–water partition coefficient (Wildman–Crippen LogP) is 0.812. The van der Waals surface area contributed by atoms with Gasteiger partial charge in [0, 0.05) is 45.0 Å². The summed E-state index contributed by atoms with van der Waals surface area (Å²) in [6, 6.07) is 10.1. The molecule has 9 nitrogen and oxygen atoms in total. The second-order valence-electron chi connectivity index (χ2n) is 7.95. The third-order valence-electron chi connectivity index (χ3n) is 5.74. The fraction of sp³-hybridized carbons (Fsp3) is 0.364. The van der Waals surface area contributed by atoms with Crippen LogP contribution in [0.2, 0.25) is 0 Å². The molecule has 2 aromatic rings. The fourth-order valence-corrected chi connectivity index (χ4v) is 4.12. The quantitative estimate of drug-likeness (QED) is 0.783. The van der Waals surface area contributed by atoms with Gasteiger partial charge in [0.15, 0.2) is 0 Å². The summed E-state index contributed by atoms with van der Waals surface area (Å²) >= 11 is 0. The van der Waals surface area contributed by atoms with Crippen LogP contribution in [-0.4, -0.2) is 78.9 Å². The topological polar surface area (TPSA) is 101 Å². The maximum atomic E-state index is 13.2. The van der Waals surface area contributed by atoms with Gasteiger partial charge >= 0.3 is 0 Å². The smallest absolute Gasteiger partial charge is 0.255 e. The molecular formula is C22H24N4O5. The molecule has 0 radical (unpaired) electrons. The van der Waals surface area contributed by atoms with Crippen LogP contribution in [0.4, 0.5) is 0 Å². The van der Waals surface area contributed by atoms with E-state index in [1.54, 1.807) is 55.4 Å². The molecule has 1 aromatic carbocycles. The molecule has 162 valence electrons. The SMILES string of the molecule is COc1cc(C(=O)N2C[C@H](C(=O)N(C)C)[C@]3(COc4ccccc4C(=O)N3)C2)ccn1. The maximum absolute atomic E-state index is 13.2. The van der Waals surface area contributed by atoms with Crippen LogP contribution in [0.1, 0.15) is 20.7 Å². The van der Waals surface area contributed by atoms with Crippen molar-refractivity contribution in [2.24, 2.45) is 5.92 Å². The van der Waals surface area contributed by atoms with Crippen molar-refractivity contribution in [3.8, 4) is 11.6 Å². The summed E-state index contributed by atoms with van der Waals surface area (Å²) in [6.07, 6.45) is 1.49. The van der Waals surface area contributed by atoms with Crippen molar-refractivity contribution in [3.63, 3.8) is 0 Å². The molecule has 2 aliphatic rings. The van der Waals surface area contributed by atoms with Crippen molar-refractivity contribution in [2.75, 3.05) is 40.9 Å². The lowest BCUT2D eigenvalue weighted by atomic mass is 9.86. The first-order valence-electron chi connectivity index (χ1n) is 9.89. The van der Waals surface area contributed by atoms with E-state index in [1.165, 1.54) is 18.2 Å². The number of pyridine rings is 1. The zero-order valence-corrected chi connectivity index (χ0v) is 17.6. The highest BCUT2D eigenvalue weighted by Crippen LogP contribution is 2.35.